The van der Waals surface area contributed by atoms with Gasteiger partial charge in [-0.05, 0) is 26.2 Å². The van der Waals surface area contributed by atoms with Crippen molar-refractivity contribution in [2.45, 2.75) is 52.6 Å². The molecule has 0 bridgehead atoms. The lowest BCUT2D eigenvalue weighted by Gasteiger charge is -2.34. The molecule has 0 saturated carbocycles. The van der Waals surface area contributed by atoms with Crippen LogP contribution in [0.3, 0.4) is 0 Å². The van der Waals surface area contributed by atoms with E-state index in [1.807, 2.05) is 20.8 Å². The highest BCUT2D eigenvalue weighted by Gasteiger charge is 2.22. The minimum Gasteiger partial charge on any atom is -0.370 e. The number of rotatable bonds is 5. The Hall–Kier alpha value is -1.85. The molecule has 1 aromatic heterocycles. The number of nitrogens with zero attached hydrogens (tertiary/aromatic N) is 3. The van der Waals surface area contributed by atoms with E-state index < -0.39 is 0 Å². The van der Waals surface area contributed by atoms with Crippen molar-refractivity contribution >= 4 is 11.6 Å². The molecule has 2 rings (SSSR count). The number of nitrogens with one attached hydrogen (secondary N) is 1. The molecule has 1 N–H and O–H groups in total. The molecule has 0 aliphatic carbocycles. The van der Waals surface area contributed by atoms with Crippen LogP contribution in [0.2, 0.25) is 0 Å². The van der Waals surface area contributed by atoms with E-state index in [4.69, 9.17) is 0 Å². The van der Waals surface area contributed by atoms with Crippen molar-refractivity contribution in [1.29, 1.82) is 0 Å². The van der Waals surface area contributed by atoms with Gasteiger partial charge in [-0.1, -0.05) is 13.8 Å². The zero-order valence-electron chi connectivity index (χ0n) is 13.7. The second-order valence-corrected chi connectivity index (χ2v) is 5.95. The summed E-state index contributed by atoms with van der Waals surface area (Å²) < 4.78 is 1.45. The van der Waals surface area contributed by atoms with Crippen molar-refractivity contribution in [2.75, 3.05) is 18.0 Å². The highest BCUT2D eigenvalue weighted by atomic mass is 16.2. The van der Waals surface area contributed by atoms with Crippen LogP contribution in [0.15, 0.2) is 17.1 Å². The molecular formula is C16H26N4O2. The molecule has 0 spiro atoms. The molecule has 2 heterocycles. The van der Waals surface area contributed by atoms with Gasteiger partial charge in [-0.15, -0.1) is 0 Å². The molecule has 22 heavy (non-hydrogen) atoms. The van der Waals surface area contributed by atoms with E-state index in [-0.39, 0.29) is 23.4 Å². The molecule has 1 aromatic rings. The van der Waals surface area contributed by atoms with Crippen molar-refractivity contribution in [3.63, 3.8) is 0 Å². The van der Waals surface area contributed by atoms with E-state index in [0.29, 0.717) is 6.54 Å². The number of piperidine rings is 1. The molecule has 0 aromatic carbocycles. The topological polar surface area (TPSA) is 67.2 Å². The largest absolute Gasteiger partial charge is 0.370 e. The van der Waals surface area contributed by atoms with Crippen LogP contribution in [0.25, 0.3) is 0 Å². The average molecular weight is 306 g/mol. The molecule has 1 aliphatic heterocycles. The van der Waals surface area contributed by atoms with E-state index >= 15 is 0 Å². The maximum absolute atomic E-state index is 11.9. The second kappa shape index (κ2) is 7.42. The van der Waals surface area contributed by atoms with Gasteiger partial charge in [0.05, 0.1) is 11.9 Å². The third-order valence-corrected chi connectivity index (χ3v) is 4.42. The van der Waals surface area contributed by atoms with Crippen LogP contribution >= 0.6 is 0 Å². The van der Waals surface area contributed by atoms with Crippen LogP contribution in [0.1, 0.15) is 40.0 Å². The zero-order valence-corrected chi connectivity index (χ0v) is 13.7. The van der Waals surface area contributed by atoms with Crippen LogP contribution in [0.4, 0.5) is 5.69 Å². The van der Waals surface area contributed by atoms with Crippen LogP contribution in [-0.4, -0.2) is 34.8 Å². The summed E-state index contributed by atoms with van der Waals surface area (Å²) in [4.78, 5) is 25.9. The van der Waals surface area contributed by atoms with Gasteiger partial charge in [-0.25, -0.2) is 4.68 Å². The molecule has 1 atom stereocenters. The Morgan fingerprint density at radius 1 is 1.41 bits per heavy atom. The van der Waals surface area contributed by atoms with Gasteiger partial charge in [-0.3, -0.25) is 9.59 Å². The Kier molecular flexibility index (Phi) is 5.57. The lowest BCUT2D eigenvalue weighted by molar-refractivity contribution is -0.125. The second-order valence-electron chi connectivity index (χ2n) is 5.95. The predicted octanol–water partition coefficient (Wildman–Crippen LogP) is 1.39. The number of amides is 1. The van der Waals surface area contributed by atoms with Crippen LogP contribution < -0.4 is 15.8 Å². The Balaban J connectivity index is 1.91. The molecule has 1 fully saturated rings. The van der Waals surface area contributed by atoms with E-state index in [0.717, 1.165) is 38.0 Å². The normalized spacial score (nSPS) is 17.3. The fourth-order valence-corrected chi connectivity index (χ4v) is 2.65. The number of hydrogen-bond donors (Lipinski definition) is 1. The SMILES string of the molecule is CCC(C)C(=O)NC1CCN(c2cnn(CC)c(=O)c2)CC1. The summed E-state index contributed by atoms with van der Waals surface area (Å²) in [5.74, 6) is 0.219. The number of anilines is 1. The highest BCUT2D eigenvalue weighted by molar-refractivity contribution is 5.78. The summed E-state index contributed by atoms with van der Waals surface area (Å²) in [5.41, 5.74) is 0.814. The lowest BCUT2D eigenvalue weighted by atomic mass is 10.0. The maximum Gasteiger partial charge on any atom is 0.268 e. The van der Waals surface area contributed by atoms with Gasteiger partial charge in [0.1, 0.15) is 0 Å². The molecule has 1 aliphatic rings. The van der Waals surface area contributed by atoms with Crippen molar-refractivity contribution in [1.82, 2.24) is 15.1 Å². The fraction of sp³-hybridized carbons (Fsp3) is 0.688. The Morgan fingerprint density at radius 3 is 2.64 bits per heavy atom. The molecule has 122 valence electrons. The quantitative estimate of drug-likeness (QED) is 0.893. The van der Waals surface area contributed by atoms with E-state index in [9.17, 15) is 9.59 Å². The van der Waals surface area contributed by atoms with Gasteiger partial charge in [0.25, 0.3) is 5.56 Å². The molecular weight excluding hydrogens is 280 g/mol. The average Bonchev–Trinajstić information content (AvgIpc) is 2.54. The summed E-state index contributed by atoms with van der Waals surface area (Å²) in [5, 5.41) is 7.29. The molecule has 6 nitrogen and oxygen atoms in total. The summed E-state index contributed by atoms with van der Waals surface area (Å²) >= 11 is 0. The van der Waals surface area contributed by atoms with Gasteiger partial charge in [0.15, 0.2) is 0 Å². The minimum atomic E-state index is -0.0628. The van der Waals surface area contributed by atoms with Crippen molar-refractivity contribution in [3.05, 3.63) is 22.6 Å². The first-order valence-electron chi connectivity index (χ1n) is 8.17. The number of aryl methyl sites for hydroxylation is 1. The third kappa shape index (κ3) is 3.87. The molecule has 0 radical (unpaired) electrons. The standard InChI is InChI=1S/C16H26N4O2/c1-4-12(3)16(22)18-13-6-8-19(9-7-13)14-10-15(21)20(5-2)17-11-14/h10-13H,4-9H2,1-3H3,(H,18,22). The van der Waals surface area contributed by atoms with E-state index in [2.05, 4.69) is 15.3 Å². The van der Waals surface area contributed by atoms with Gasteiger partial charge in [-0.2, -0.15) is 5.10 Å². The van der Waals surface area contributed by atoms with Crippen molar-refractivity contribution in [2.24, 2.45) is 5.92 Å². The Morgan fingerprint density at radius 2 is 2.09 bits per heavy atom. The van der Waals surface area contributed by atoms with E-state index in [1.54, 1.807) is 12.3 Å². The monoisotopic (exact) mass is 306 g/mol. The number of carbonyl (C=O) groups excluding carboxylic acids is 1. The maximum atomic E-state index is 11.9. The van der Waals surface area contributed by atoms with Gasteiger partial charge in [0, 0.05) is 37.7 Å². The number of aromatic nitrogens is 2. The minimum absolute atomic E-state index is 0.0628. The third-order valence-electron chi connectivity index (χ3n) is 4.42. The first kappa shape index (κ1) is 16.5. The molecule has 1 unspecified atom stereocenters. The van der Waals surface area contributed by atoms with Crippen molar-refractivity contribution < 1.29 is 4.79 Å². The lowest BCUT2D eigenvalue weighted by Crippen LogP contribution is -2.46. The van der Waals surface area contributed by atoms with Crippen LogP contribution in [0, 0.1) is 5.92 Å². The molecule has 1 saturated heterocycles. The van der Waals surface area contributed by atoms with E-state index in [1.165, 1.54) is 4.68 Å². The zero-order chi connectivity index (χ0) is 16.1. The number of hydrogen-bond acceptors (Lipinski definition) is 4. The van der Waals surface area contributed by atoms with Crippen LogP contribution in [-0.2, 0) is 11.3 Å². The highest BCUT2D eigenvalue weighted by Crippen LogP contribution is 2.18. The van der Waals surface area contributed by atoms with Gasteiger partial charge < -0.3 is 10.2 Å². The molecule has 6 heteroatoms. The van der Waals surface area contributed by atoms with Crippen LogP contribution in [0.5, 0.6) is 0 Å². The smallest absolute Gasteiger partial charge is 0.268 e. The van der Waals surface area contributed by atoms with Crippen molar-refractivity contribution in [3.8, 4) is 0 Å². The summed E-state index contributed by atoms with van der Waals surface area (Å²) in [6, 6.07) is 1.89. The Labute approximate surface area is 131 Å². The molecule has 1 amide bonds. The Bertz CT molecular complexity index is 562. The first-order valence-corrected chi connectivity index (χ1v) is 8.17. The summed E-state index contributed by atoms with van der Waals surface area (Å²) in [7, 11) is 0. The summed E-state index contributed by atoms with van der Waals surface area (Å²) in [6.45, 7) is 8.14. The number of carbonyl (C=O) groups is 1. The van der Waals surface area contributed by atoms with Gasteiger partial charge >= 0.3 is 0 Å². The first-order chi connectivity index (χ1) is 10.5. The fourth-order valence-electron chi connectivity index (χ4n) is 2.65. The van der Waals surface area contributed by atoms with Gasteiger partial charge in [0.2, 0.25) is 5.91 Å². The predicted molar refractivity (Wildman–Crippen MR) is 87.0 cm³/mol. The summed E-state index contributed by atoms with van der Waals surface area (Å²) in [6.07, 6.45) is 4.42.